The highest BCUT2D eigenvalue weighted by atomic mass is 19.4. The van der Waals surface area contributed by atoms with Gasteiger partial charge in [0, 0.05) is 6.21 Å². The van der Waals surface area contributed by atoms with Crippen molar-refractivity contribution in [1.29, 1.82) is 0 Å². The lowest BCUT2D eigenvalue weighted by molar-refractivity contribution is -0.143. The van der Waals surface area contributed by atoms with Gasteiger partial charge >= 0.3 is 12.1 Å². The van der Waals surface area contributed by atoms with Crippen LogP contribution in [0.4, 0.5) is 26.3 Å². The second-order valence-electron chi connectivity index (χ2n) is 5.05. The van der Waals surface area contributed by atoms with Gasteiger partial charge in [0.2, 0.25) is 5.82 Å². The van der Waals surface area contributed by atoms with Crippen LogP contribution < -0.4 is 4.74 Å². The number of aliphatic imine (C=N–C) groups is 1. The van der Waals surface area contributed by atoms with Crippen molar-refractivity contribution in [2.24, 2.45) is 4.99 Å². The molecule has 0 spiro atoms. The first kappa shape index (κ1) is 22.3. The average Bonchev–Trinajstić information content (AvgIpc) is 2.57. The molecule has 150 valence electrons. The number of aliphatic hydroxyl groups excluding tert-OH is 1. The Bertz CT molecular complexity index is 773. The molecule has 1 aromatic carbocycles. The fourth-order valence-corrected chi connectivity index (χ4v) is 1.77. The number of halogens is 6. The van der Waals surface area contributed by atoms with Crippen LogP contribution in [0.1, 0.15) is 19.4 Å². The maximum absolute atomic E-state index is 14.3. The second kappa shape index (κ2) is 8.78. The van der Waals surface area contributed by atoms with Gasteiger partial charge in [0.25, 0.3) is 0 Å². The third-order valence-corrected chi connectivity index (χ3v) is 3.23. The molecule has 0 bridgehead atoms. The number of alkyl halides is 3. The van der Waals surface area contributed by atoms with Crippen molar-refractivity contribution < 1.29 is 45.7 Å². The lowest BCUT2D eigenvalue weighted by Gasteiger charge is -2.13. The molecule has 27 heavy (non-hydrogen) atoms. The molecule has 0 aliphatic carbocycles. The van der Waals surface area contributed by atoms with E-state index in [0.717, 1.165) is 7.11 Å². The molecule has 1 N–H and O–H groups in total. The zero-order valence-electron chi connectivity index (χ0n) is 14.3. The number of carbonyl (C=O) groups excluding carboxylic acids is 1. The third-order valence-electron chi connectivity index (χ3n) is 3.23. The summed E-state index contributed by atoms with van der Waals surface area (Å²) in [5.74, 6) is -8.74. The molecule has 0 aromatic heterocycles. The van der Waals surface area contributed by atoms with Crippen LogP contribution in [0.5, 0.6) is 5.75 Å². The van der Waals surface area contributed by atoms with Crippen molar-refractivity contribution in [2.75, 3.05) is 13.7 Å². The molecule has 1 aromatic rings. The van der Waals surface area contributed by atoms with Gasteiger partial charge in [-0.25, -0.2) is 13.6 Å². The van der Waals surface area contributed by atoms with Gasteiger partial charge in [-0.15, -0.1) is 0 Å². The Morgan fingerprint density at radius 2 is 1.89 bits per heavy atom. The number of benzene rings is 1. The van der Waals surface area contributed by atoms with Gasteiger partial charge < -0.3 is 14.6 Å². The summed E-state index contributed by atoms with van der Waals surface area (Å²) in [5.41, 5.74) is -2.01. The summed E-state index contributed by atoms with van der Waals surface area (Å²) in [6, 6.07) is -2.05. The van der Waals surface area contributed by atoms with Gasteiger partial charge in [-0.2, -0.15) is 17.6 Å². The van der Waals surface area contributed by atoms with Crippen LogP contribution in [0.15, 0.2) is 16.6 Å². The number of nitrogens with zero attached hydrogens (tertiary/aromatic N) is 1. The number of hydrogen-bond donors (Lipinski definition) is 1. The lowest BCUT2D eigenvalue weighted by atomic mass is 10.1. The Hall–Kier alpha value is -2.72. The summed E-state index contributed by atoms with van der Waals surface area (Å²) in [6.07, 6.45) is -4.43. The Balaban J connectivity index is 3.60. The van der Waals surface area contributed by atoms with Crippen LogP contribution in [-0.2, 0) is 9.53 Å². The molecule has 0 saturated carbocycles. The molecule has 0 aliphatic heterocycles. The van der Waals surface area contributed by atoms with Crippen molar-refractivity contribution in [2.45, 2.75) is 26.1 Å². The summed E-state index contributed by atoms with van der Waals surface area (Å²) in [6.45, 7) is 1.79. The Morgan fingerprint density at radius 1 is 1.30 bits per heavy atom. The number of hydrogen-bond acceptors (Lipinski definition) is 5. The van der Waals surface area contributed by atoms with E-state index in [1.165, 1.54) is 6.92 Å². The molecule has 0 heterocycles. The Morgan fingerprint density at radius 3 is 2.37 bits per heavy atom. The van der Waals surface area contributed by atoms with Gasteiger partial charge in [-0.3, -0.25) is 4.99 Å². The molecular weight excluding hydrogens is 384 g/mol. The zero-order chi connectivity index (χ0) is 20.9. The number of carbonyl (C=O) groups is 1. The number of esters is 1. The normalized spacial score (nSPS) is 14.1. The molecule has 0 unspecified atom stereocenters. The maximum atomic E-state index is 14.3. The van der Waals surface area contributed by atoms with E-state index in [2.05, 4.69) is 14.5 Å². The van der Waals surface area contributed by atoms with Crippen molar-refractivity contribution in [3.8, 4) is 5.75 Å². The molecule has 0 radical (unpaired) electrons. The van der Waals surface area contributed by atoms with Crippen LogP contribution in [0, 0.1) is 17.5 Å². The van der Waals surface area contributed by atoms with E-state index in [1.54, 1.807) is 0 Å². The minimum Gasteiger partial charge on any atom is -0.506 e. The molecule has 0 saturated heterocycles. The fourth-order valence-electron chi connectivity index (χ4n) is 1.77. The van der Waals surface area contributed by atoms with E-state index in [-0.39, 0.29) is 12.7 Å². The number of aliphatic hydroxyl groups is 1. The number of methoxy groups -OCH3 is 1. The highest BCUT2D eigenvalue weighted by Gasteiger charge is 2.35. The predicted octanol–water partition coefficient (Wildman–Crippen LogP) is 3.97. The molecule has 0 amide bonds. The number of ether oxygens (including phenoxy) is 2. The molecule has 5 nitrogen and oxygen atoms in total. The number of rotatable bonds is 6. The van der Waals surface area contributed by atoms with E-state index in [1.807, 2.05) is 0 Å². The quantitative estimate of drug-likeness (QED) is 0.196. The van der Waals surface area contributed by atoms with E-state index < -0.39 is 58.3 Å². The van der Waals surface area contributed by atoms with Crippen LogP contribution >= 0.6 is 0 Å². The summed E-state index contributed by atoms with van der Waals surface area (Å²) in [7, 11) is 0.824. The third kappa shape index (κ3) is 5.14. The monoisotopic (exact) mass is 399 g/mol. The van der Waals surface area contributed by atoms with Crippen LogP contribution in [0.2, 0.25) is 0 Å². The lowest BCUT2D eigenvalue weighted by Crippen LogP contribution is -2.24. The topological polar surface area (TPSA) is 68.1 Å². The molecular formula is C16H15F6NO4. The molecule has 11 heteroatoms. The zero-order valence-corrected chi connectivity index (χ0v) is 14.3. The SMILES string of the molecule is CCOC(=O)C(C=N[C@@H](C)C(F)(F)F)=C(O)c1cc(F)c(F)c(OC)c1F. The summed E-state index contributed by atoms with van der Waals surface area (Å²) in [5, 5.41) is 10.1. The first-order valence-corrected chi connectivity index (χ1v) is 7.37. The minimum absolute atomic E-state index is 0.211. The van der Waals surface area contributed by atoms with E-state index >= 15 is 0 Å². The van der Waals surface area contributed by atoms with Gasteiger partial charge in [0.1, 0.15) is 17.4 Å². The van der Waals surface area contributed by atoms with Crippen molar-refractivity contribution in [3.05, 3.63) is 34.7 Å². The van der Waals surface area contributed by atoms with Crippen LogP contribution in [0.25, 0.3) is 5.76 Å². The Labute approximate surface area is 149 Å². The van der Waals surface area contributed by atoms with Gasteiger partial charge in [-0.1, -0.05) is 0 Å². The highest BCUT2D eigenvalue weighted by Crippen LogP contribution is 2.31. The standard InChI is InChI=1S/C16H15F6NO4/c1-4-27-15(25)9(6-23-7(2)16(20,21)22)13(24)8-5-10(17)12(19)14(26-3)11(8)18/h5-7,24H,4H2,1-3H3/t7-/m0/s1. The van der Waals surface area contributed by atoms with Crippen LogP contribution in [0.3, 0.4) is 0 Å². The van der Waals surface area contributed by atoms with E-state index in [4.69, 9.17) is 0 Å². The van der Waals surface area contributed by atoms with Gasteiger partial charge in [-0.05, 0) is 19.9 Å². The van der Waals surface area contributed by atoms with Crippen molar-refractivity contribution in [1.82, 2.24) is 0 Å². The minimum atomic E-state index is -4.75. The first-order valence-electron chi connectivity index (χ1n) is 7.37. The van der Waals surface area contributed by atoms with Crippen molar-refractivity contribution in [3.63, 3.8) is 0 Å². The first-order chi connectivity index (χ1) is 12.4. The van der Waals surface area contributed by atoms with Gasteiger partial charge in [0.05, 0.1) is 19.3 Å². The van der Waals surface area contributed by atoms with E-state index in [9.17, 15) is 36.2 Å². The Kier molecular flexibility index (Phi) is 7.26. The molecule has 1 rings (SSSR count). The van der Waals surface area contributed by atoms with Gasteiger partial charge in [0.15, 0.2) is 17.4 Å². The summed E-state index contributed by atoms with van der Waals surface area (Å²) < 4.78 is 87.9. The molecule has 1 atom stereocenters. The molecule has 0 aliphatic rings. The maximum Gasteiger partial charge on any atom is 0.410 e. The van der Waals surface area contributed by atoms with E-state index in [0.29, 0.717) is 13.1 Å². The summed E-state index contributed by atoms with van der Waals surface area (Å²) >= 11 is 0. The predicted molar refractivity (Wildman–Crippen MR) is 83.1 cm³/mol. The fraction of sp³-hybridized carbons (Fsp3) is 0.375. The average molecular weight is 399 g/mol. The second-order valence-corrected chi connectivity index (χ2v) is 5.05. The van der Waals surface area contributed by atoms with Crippen LogP contribution in [-0.4, -0.2) is 43.2 Å². The molecule has 0 fully saturated rings. The summed E-state index contributed by atoms with van der Waals surface area (Å²) in [4.78, 5) is 15.0. The highest BCUT2D eigenvalue weighted by molar-refractivity contribution is 6.15. The van der Waals surface area contributed by atoms with Crippen molar-refractivity contribution >= 4 is 17.9 Å². The smallest absolute Gasteiger partial charge is 0.410 e. The largest absolute Gasteiger partial charge is 0.506 e.